The third-order valence-electron chi connectivity index (χ3n) is 2.38. The zero-order valence-electron chi connectivity index (χ0n) is 11.2. The SMILES string of the molecule is COc1cccc(OCC(N)CC(C)(C)C)c1. The standard InChI is InChI=1S/C14H23NO2/c1-14(2,3)9-11(15)10-17-13-7-5-6-12(8-13)16-4/h5-8,11H,9-10,15H2,1-4H3. The van der Waals surface area contributed by atoms with Crippen molar-refractivity contribution in [2.24, 2.45) is 11.1 Å². The average Bonchev–Trinajstić information content (AvgIpc) is 2.24. The van der Waals surface area contributed by atoms with Crippen LogP contribution in [0.2, 0.25) is 0 Å². The molecule has 0 spiro atoms. The van der Waals surface area contributed by atoms with Crippen molar-refractivity contribution in [1.82, 2.24) is 0 Å². The molecule has 1 rings (SSSR count). The van der Waals surface area contributed by atoms with Crippen molar-refractivity contribution in [3.8, 4) is 11.5 Å². The van der Waals surface area contributed by atoms with E-state index >= 15 is 0 Å². The minimum atomic E-state index is 0.0567. The fraction of sp³-hybridized carbons (Fsp3) is 0.571. The summed E-state index contributed by atoms with van der Waals surface area (Å²) in [6.07, 6.45) is 0.941. The summed E-state index contributed by atoms with van der Waals surface area (Å²) in [5.74, 6) is 1.60. The average molecular weight is 237 g/mol. The zero-order valence-corrected chi connectivity index (χ0v) is 11.2. The molecule has 0 aliphatic heterocycles. The minimum absolute atomic E-state index is 0.0567. The van der Waals surface area contributed by atoms with E-state index < -0.39 is 0 Å². The highest BCUT2D eigenvalue weighted by Gasteiger charge is 2.16. The van der Waals surface area contributed by atoms with E-state index in [0.29, 0.717) is 6.61 Å². The summed E-state index contributed by atoms with van der Waals surface area (Å²) < 4.78 is 10.8. The maximum absolute atomic E-state index is 6.02. The number of hydrogen-bond donors (Lipinski definition) is 1. The number of ether oxygens (including phenoxy) is 2. The van der Waals surface area contributed by atoms with Crippen LogP contribution in [0.3, 0.4) is 0 Å². The molecular weight excluding hydrogens is 214 g/mol. The van der Waals surface area contributed by atoms with Gasteiger partial charge >= 0.3 is 0 Å². The molecule has 1 aromatic carbocycles. The number of hydrogen-bond acceptors (Lipinski definition) is 3. The Morgan fingerprint density at radius 1 is 1.24 bits per heavy atom. The van der Waals surface area contributed by atoms with Crippen LogP contribution >= 0.6 is 0 Å². The Kier molecular flexibility index (Phi) is 4.82. The van der Waals surface area contributed by atoms with Gasteiger partial charge in [-0.05, 0) is 24.0 Å². The van der Waals surface area contributed by atoms with Crippen molar-refractivity contribution in [1.29, 1.82) is 0 Å². The Morgan fingerprint density at radius 3 is 2.47 bits per heavy atom. The molecular formula is C14H23NO2. The van der Waals surface area contributed by atoms with Crippen LogP contribution in [0, 0.1) is 5.41 Å². The number of benzene rings is 1. The fourth-order valence-corrected chi connectivity index (χ4v) is 1.74. The van der Waals surface area contributed by atoms with Gasteiger partial charge in [0.25, 0.3) is 0 Å². The van der Waals surface area contributed by atoms with E-state index in [1.807, 2.05) is 24.3 Å². The molecule has 0 saturated heterocycles. The van der Waals surface area contributed by atoms with Crippen molar-refractivity contribution in [2.45, 2.75) is 33.2 Å². The van der Waals surface area contributed by atoms with Gasteiger partial charge in [0, 0.05) is 12.1 Å². The van der Waals surface area contributed by atoms with Gasteiger partial charge in [-0.15, -0.1) is 0 Å². The van der Waals surface area contributed by atoms with Gasteiger partial charge in [-0.3, -0.25) is 0 Å². The van der Waals surface area contributed by atoms with Crippen LogP contribution < -0.4 is 15.2 Å². The first-order valence-electron chi connectivity index (χ1n) is 5.93. The van der Waals surface area contributed by atoms with E-state index in [2.05, 4.69) is 20.8 Å². The van der Waals surface area contributed by atoms with Crippen LogP contribution in [0.25, 0.3) is 0 Å². The van der Waals surface area contributed by atoms with Crippen molar-refractivity contribution < 1.29 is 9.47 Å². The molecule has 3 nitrogen and oxygen atoms in total. The van der Waals surface area contributed by atoms with Crippen LogP contribution in [-0.2, 0) is 0 Å². The van der Waals surface area contributed by atoms with Gasteiger partial charge in [-0.25, -0.2) is 0 Å². The van der Waals surface area contributed by atoms with Crippen LogP contribution in [0.5, 0.6) is 11.5 Å². The maximum atomic E-state index is 6.02. The molecule has 0 bridgehead atoms. The molecule has 0 amide bonds. The third kappa shape index (κ3) is 5.59. The van der Waals surface area contributed by atoms with Crippen molar-refractivity contribution in [3.05, 3.63) is 24.3 Å². The molecule has 0 aliphatic carbocycles. The summed E-state index contributed by atoms with van der Waals surface area (Å²) in [7, 11) is 1.64. The number of nitrogens with two attached hydrogens (primary N) is 1. The molecule has 0 radical (unpaired) electrons. The summed E-state index contributed by atoms with van der Waals surface area (Å²) in [5, 5.41) is 0. The van der Waals surface area contributed by atoms with E-state index in [1.165, 1.54) is 0 Å². The van der Waals surface area contributed by atoms with Crippen molar-refractivity contribution >= 4 is 0 Å². The Balaban J connectivity index is 2.44. The maximum Gasteiger partial charge on any atom is 0.123 e. The first-order chi connectivity index (χ1) is 7.90. The molecule has 2 N–H and O–H groups in total. The van der Waals surface area contributed by atoms with Crippen LogP contribution in [0.15, 0.2) is 24.3 Å². The van der Waals surface area contributed by atoms with Gasteiger partial charge in [0.2, 0.25) is 0 Å². The lowest BCUT2D eigenvalue weighted by atomic mass is 9.89. The molecule has 0 heterocycles. The molecule has 96 valence electrons. The van der Waals surface area contributed by atoms with E-state index in [1.54, 1.807) is 7.11 Å². The van der Waals surface area contributed by atoms with Crippen LogP contribution in [0.4, 0.5) is 0 Å². The molecule has 1 aromatic rings. The van der Waals surface area contributed by atoms with Gasteiger partial charge in [0.15, 0.2) is 0 Å². The van der Waals surface area contributed by atoms with Gasteiger partial charge in [0.1, 0.15) is 18.1 Å². The topological polar surface area (TPSA) is 44.5 Å². The molecule has 0 aliphatic rings. The zero-order chi connectivity index (χ0) is 12.9. The monoisotopic (exact) mass is 237 g/mol. The molecule has 1 unspecified atom stereocenters. The predicted molar refractivity (Wildman–Crippen MR) is 70.5 cm³/mol. The Morgan fingerprint density at radius 2 is 1.88 bits per heavy atom. The smallest absolute Gasteiger partial charge is 0.123 e. The second-order valence-corrected chi connectivity index (χ2v) is 5.51. The fourth-order valence-electron chi connectivity index (χ4n) is 1.74. The first-order valence-corrected chi connectivity index (χ1v) is 5.93. The molecule has 17 heavy (non-hydrogen) atoms. The highest BCUT2D eigenvalue weighted by atomic mass is 16.5. The Labute approximate surface area is 104 Å². The lowest BCUT2D eigenvalue weighted by Gasteiger charge is -2.23. The lowest BCUT2D eigenvalue weighted by molar-refractivity contribution is 0.240. The van der Waals surface area contributed by atoms with Crippen LogP contribution in [-0.4, -0.2) is 19.8 Å². The van der Waals surface area contributed by atoms with Crippen molar-refractivity contribution in [2.75, 3.05) is 13.7 Å². The second kappa shape index (κ2) is 5.92. The van der Waals surface area contributed by atoms with E-state index in [0.717, 1.165) is 17.9 Å². The van der Waals surface area contributed by atoms with Gasteiger partial charge < -0.3 is 15.2 Å². The highest BCUT2D eigenvalue weighted by Crippen LogP contribution is 2.22. The summed E-state index contributed by atoms with van der Waals surface area (Å²) in [6.45, 7) is 7.07. The molecule has 0 aromatic heterocycles. The normalized spacial score (nSPS) is 13.2. The summed E-state index contributed by atoms with van der Waals surface area (Å²) in [4.78, 5) is 0. The quantitative estimate of drug-likeness (QED) is 0.856. The van der Waals surface area contributed by atoms with Crippen molar-refractivity contribution in [3.63, 3.8) is 0 Å². The third-order valence-corrected chi connectivity index (χ3v) is 2.38. The van der Waals surface area contributed by atoms with Gasteiger partial charge in [-0.2, -0.15) is 0 Å². The highest BCUT2D eigenvalue weighted by molar-refractivity contribution is 5.32. The largest absolute Gasteiger partial charge is 0.497 e. The van der Waals surface area contributed by atoms with Gasteiger partial charge in [-0.1, -0.05) is 26.8 Å². The molecule has 1 atom stereocenters. The lowest BCUT2D eigenvalue weighted by Crippen LogP contribution is -2.32. The molecule has 0 saturated carbocycles. The summed E-state index contributed by atoms with van der Waals surface area (Å²) in [5.41, 5.74) is 6.26. The van der Waals surface area contributed by atoms with E-state index in [9.17, 15) is 0 Å². The second-order valence-electron chi connectivity index (χ2n) is 5.51. The molecule has 3 heteroatoms. The number of rotatable bonds is 5. The Bertz CT molecular complexity index is 344. The predicted octanol–water partition coefficient (Wildman–Crippen LogP) is 2.84. The minimum Gasteiger partial charge on any atom is -0.497 e. The molecule has 0 fully saturated rings. The van der Waals surface area contributed by atoms with E-state index in [-0.39, 0.29) is 11.5 Å². The summed E-state index contributed by atoms with van der Waals surface area (Å²) in [6, 6.07) is 7.63. The van der Waals surface area contributed by atoms with Gasteiger partial charge in [0.05, 0.1) is 7.11 Å². The Hall–Kier alpha value is -1.22. The number of methoxy groups -OCH3 is 1. The van der Waals surface area contributed by atoms with Crippen LogP contribution in [0.1, 0.15) is 27.2 Å². The first kappa shape index (κ1) is 13.8. The summed E-state index contributed by atoms with van der Waals surface area (Å²) >= 11 is 0. The van der Waals surface area contributed by atoms with E-state index in [4.69, 9.17) is 15.2 Å².